The smallest absolute Gasteiger partial charge is 0.0172 e. The summed E-state index contributed by atoms with van der Waals surface area (Å²) in [5.74, 6) is 1.39. The lowest BCUT2D eigenvalue weighted by molar-refractivity contribution is 0.436. The SMILES string of the molecule is CC(C)C(CC(C)(C)I)c1ccccc1. The second-order valence-electron chi connectivity index (χ2n) is 5.18. The van der Waals surface area contributed by atoms with Gasteiger partial charge >= 0.3 is 0 Å². The van der Waals surface area contributed by atoms with E-state index in [-0.39, 0.29) is 0 Å². The van der Waals surface area contributed by atoms with E-state index in [2.05, 4.69) is 80.6 Å². The normalized spacial score (nSPS) is 14.3. The van der Waals surface area contributed by atoms with Gasteiger partial charge in [-0.1, -0.05) is 80.6 Å². The highest BCUT2D eigenvalue weighted by Crippen LogP contribution is 2.36. The van der Waals surface area contributed by atoms with Crippen LogP contribution in [0.1, 0.15) is 45.6 Å². The van der Waals surface area contributed by atoms with Gasteiger partial charge in [-0.15, -0.1) is 0 Å². The lowest BCUT2D eigenvalue weighted by atomic mass is 9.82. The summed E-state index contributed by atoms with van der Waals surface area (Å²) in [6, 6.07) is 10.9. The Morgan fingerprint density at radius 2 is 1.67 bits per heavy atom. The third-order valence-electron chi connectivity index (χ3n) is 2.74. The Bertz CT molecular complexity index is 282. The Kier molecular flexibility index (Phi) is 4.63. The van der Waals surface area contributed by atoms with E-state index in [0.29, 0.717) is 15.3 Å². The van der Waals surface area contributed by atoms with E-state index in [9.17, 15) is 0 Å². The lowest BCUT2D eigenvalue weighted by Crippen LogP contribution is -2.18. The molecule has 0 saturated heterocycles. The molecule has 1 aromatic rings. The minimum Gasteiger partial charge on any atom is -0.0795 e. The predicted molar refractivity (Wildman–Crippen MR) is 76.7 cm³/mol. The van der Waals surface area contributed by atoms with Crippen molar-refractivity contribution in [3.05, 3.63) is 35.9 Å². The molecule has 1 rings (SSSR count). The fourth-order valence-electron chi connectivity index (χ4n) is 1.96. The molecule has 0 N–H and O–H groups in total. The maximum absolute atomic E-state index is 2.55. The predicted octanol–water partition coefficient (Wildman–Crippen LogP) is 5.03. The number of alkyl halides is 1. The molecule has 0 heterocycles. The van der Waals surface area contributed by atoms with Crippen molar-refractivity contribution in [1.82, 2.24) is 0 Å². The van der Waals surface area contributed by atoms with E-state index in [0.717, 1.165) is 0 Å². The molecule has 0 aliphatic heterocycles. The van der Waals surface area contributed by atoms with Crippen LogP contribution in [-0.4, -0.2) is 3.42 Å². The van der Waals surface area contributed by atoms with E-state index < -0.39 is 0 Å². The Hall–Kier alpha value is -0.0500. The van der Waals surface area contributed by atoms with Gasteiger partial charge < -0.3 is 0 Å². The summed E-state index contributed by atoms with van der Waals surface area (Å²) in [5.41, 5.74) is 1.48. The quantitative estimate of drug-likeness (QED) is 0.540. The summed E-state index contributed by atoms with van der Waals surface area (Å²) in [4.78, 5) is 0. The summed E-state index contributed by atoms with van der Waals surface area (Å²) < 4.78 is 0.378. The first-order valence-corrected chi connectivity index (χ1v) is 6.72. The van der Waals surface area contributed by atoms with Gasteiger partial charge in [-0.3, -0.25) is 0 Å². The average molecular weight is 316 g/mol. The Morgan fingerprint density at radius 3 is 2.07 bits per heavy atom. The van der Waals surface area contributed by atoms with Crippen molar-refractivity contribution in [1.29, 1.82) is 0 Å². The fraction of sp³-hybridized carbons (Fsp3) is 0.571. The Morgan fingerprint density at radius 1 is 1.13 bits per heavy atom. The molecule has 1 heteroatoms. The average Bonchev–Trinajstić information content (AvgIpc) is 2.14. The largest absolute Gasteiger partial charge is 0.0795 e. The highest BCUT2D eigenvalue weighted by Gasteiger charge is 2.23. The first kappa shape index (κ1) is 13.0. The van der Waals surface area contributed by atoms with Crippen molar-refractivity contribution in [2.75, 3.05) is 0 Å². The highest BCUT2D eigenvalue weighted by molar-refractivity contribution is 14.1. The molecule has 0 spiro atoms. The van der Waals surface area contributed by atoms with Crippen LogP contribution in [0.2, 0.25) is 0 Å². The molecule has 1 aromatic carbocycles. The van der Waals surface area contributed by atoms with Crippen molar-refractivity contribution in [3.63, 3.8) is 0 Å². The summed E-state index contributed by atoms with van der Waals surface area (Å²) in [7, 11) is 0. The second kappa shape index (κ2) is 5.33. The van der Waals surface area contributed by atoms with Gasteiger partial charge in [-0.05, 0) is 23.8 Å². The molecule has 15 heavy (non-hydrogen) atoms. The topological polar surface area (TPSA) is 0 Å². The van der Waals surface area contributed by atoms with Crippen molar-refractivity contribution in [2.45, 2.75) is 43.5 Å². The van der Waals surface area contributed by atoms with Crippen molar-refractivity contribution in [3.8, 4) is 0 Å². The molecule has 0 bridgehead atoms. The lowest BCUT2D eigenvalue weighted by Gasteiger charge is -2.28. The van der Waals surface area contributed by atoms with Crippen LogP contribution in [-0.2, 0) is 0 Å². The number of hydrogen-bond donors (Lipinski definition) is 0. The summed E-state index contributed by atoms with van der Waals surface area (Å²) in [6.45, 7) is 9.26. The molecular weight excluding hydrogens is 295 g/mol. The van der Waals surface area contributed by atoms with Gasteiger partial charge in [0.1, 0.15) is 0 Å². The fourth-order valence-corrected chi connectivity index (χ4v) is 2.44. The van der Waals surface area contributed by atoms with Crippen LogP contribution in [0, 0.1) is 5.92 Å². The molecule has 0 amide bonds. The van der Waals surface area contributed by atoms with Gasteiger partial charge in [-0.2, -0.15) is 0 Å². The molecule has 84 valence electrons. The van der Waals surface area contributed by atoms with E-state index in [1.807, 2.05) is 0 Å². The summed E-state index contributed by atoms with van der Waals surface area (Å²) in [6.07, 6.45) is 1.25. The van der Waals surface area contributed by atoms with E-state index in [1.54, 1.807) is 0 Å². The first-order valence-electron chi connectivity index (χ1n) is 5.64. The Balaban J connectivity index is 2.85. The molecule has 1 unspecified atom stereocenters. The zero-order valence-electron chi connectivity index (χ0n) is 10.1. The number of rotatable bonds is 4. The number of benzene rings is 1. The van der Waals surface area contributed by atoms with Gasteiger partial charge in [0.15, 0.2) is 0 Å². The minimum atomic E-state index is 0.378. The third kappa shape index (κ3) is 4.54. The van der Waals surface area contributed by atoms with Crippen molar-refractivity contribution in [2.24, 2.45) is 5.92 Å². The van der Waals surface area contributed by atoms with Crippen LogP contribution in [0.4, 0.5) is 0 Å². The first-order chi connectivity index (χ1) is 6.90. The van der Waals surface area contributed by atoms with Gasteiger partial charge in [0.2, 0.25) is 0 Å². The van der Waals surface area contributed by atoms with Crippen molar-refractivity contribution >= 4 is 22.6 Å². The van der Waals surface area contributed by atoms with Crippen LogP contribution in [0.15, 0.2) is 30.3 Å². The zero-order valence-corrected chi connectivity index (χ0v) is 12.3. The zero-order chi connectivity index (χ0) is 11.5. The molecule has 0 aliphatic carbocycles. The van der Waals surface area contributed by atoms with Crippen molar-refractivity contribution < 1.29 is 0 Å². The van der Waals surface area contributed by atoms with Gasteiger partial charge in [0.25, 0.3) is 0 Å². The van der Waals surface area contributed by atoms with Crippen LogP contribution in [0.5, 0.6) is 0 Å². The van der Waals surface area contributed by atoms with Crippen LogP contribution >= 0.6 is 22.6 Å². The Labute approximate surface area is 108 Å². The van der Waals surface area contributed by atoms with E-state index >= 15 is 0 Å². The molecule has 0 aliphatic rings. The number of hydrogen-bond acceptors (Lipinski definition) is 0. The minimum absolute atomic E-state index is 0.378. The maximum Gasteiger partial charge on any atom is 0.0172 e. The van der Waals surface area contributed by atoms with E-state index in [1.165, 1.54) is 12.0 Å². The van der Waals surface area contributed by atoms with Gasteiger partial charge in [-0.25, -0.2) is 0 Å². The summed E-state index contributed by atoms with van der Waals surface area (Å²) >= 11 is 2.55. The number of halogens is 1. The monoisotopic (exact) mass is 316 g/mol. The molecule has 0 aromatic heterocycles. The standard InChI is InChI=1S/C14H21I/c1-11(2)13(10-14(3,4)15)12-8-6-5-7-9-12/h5-9,11,13H,10H2,1-4H3. The molecule has 0 nitrogen and oxygen atoms in total. The molecule has 0 radical (unpaired) electrons. The maximum atomic E-state index is 2.55. The molecule has 1 atom stereocenters. The summed E-state index contributed by atoms with van der Waals surface area (Å²) in [5, 5.41) is 0. The van der Waals surface area contributed by atoms with Crippen LogP contribution in [0.3, 0.4) is 0 Å². The molecule has 0 fully saturated rings. The van der Waals surface area contributed by atoms with Gasteiger partial charge in [0, 0.05) is 3.42 Å². The third-order valence-corrected chi connectivity index (χ3v) is 3.18. The van der Waals surface area contributed by atoms with Crippen LogP contribution in [0.25, 0.3) is 0 Å². The molecular formula is C14H21I. The molecule has 0 saturated carbocycles. The highest BCUT2D eigenvalue weighted by atomic mass is 127. The van der Waals surface area contributed by atoms with E-state index in [4.69, 9.17) is 0 Å². The van der Waals surface area contributed by atoms with Gasteiger partial charge in [0.05, 0.1) is 0 Å². The van der Waals surface area contributed by atoms with Crippen LogP contribution < -0.4 is 0 Å². The second-order valence-corrected chi connectivity index (χ2v) is 8.10.